The van der Waals surface area contributed by atoms with E-state index in [9.17, 15) is 18.0 Å². The second-order valence-corrected chi connectivity index (χ2v) is 7.95. The van der Waals surface area contributed by atoms with Gasteiger partial charge in [0.25, 0.3) is 5.91 Å². The van der Waals surface area contributed by atoms with Gasteiger partial charge in [0.05, 0.1) is 27.5 Å². The molecule has 28 heavy (non-hydrogen) atoms. The number of rotatable bonds is 3. The lowest BCUT2D eigenvalue weighted by molar-refractivity contribution is -0.137. The van der Waals surface area contributed by atoms with Crippen molar-refractivity contribution < 1.29 is 18.0 Å². The van der Waals surface area contributed by atoms with Crippen molar-refractivity contribution in [1.29, 1.82) is 0 Å². The number of carbonyl (C=O) groups is 1. The normalized spacial score (nSPS) is 14.8. The first-order valence-corrected chi connectivity index (χ1v) is 9.76. The number of thiophene rings is 1. The van der Waals surface area contributed by atoms with Crippen LogP contribution in [0.2, 0.25) is 0 Å². The van der Waals surface area contributed by atoms with Crippen LogP contribution in [0.15, 0.2) is 24.3 Å². The van der Waals surface area contributed by atoms with Crippen LogP contribution in [0.4, 0.5) is 24.5 Å². The lowest BCUT2D eigenvalue weighted by atomic mass is 10.1. The van der Waals surface area contributed by atoms with E-state index in [0.29, 0.717) is 10.6 Å². The summed E-state index contributed by atoms with van der Waals surface area (Å²) < 4.78 is 41.3. The van der Waals surface area contributed by atoms with Crippen LogP contribution in [0.5, 0.6) is 0 Å². The van der Waals surface area contributed by atoms with Crippen LogP contribution < -0.4 is 10.2 Å². The monoisotopic (exact) mass is 408 g/mol. The van der Waals surface area contributed by atoms with Gasteiger partial charge in [-0.05, 0) is 44.0 Å². The molecule has 0 unspecified atom stereocenters. The first-order chi connectivity index (χ1) is 13.2. The van der Waals surface area contributed by atoms with Gasteiger partial charge in [-0.3, -0.25) is 9.48 Å². The Morgan fingerprint density at radius 2 is 1.93 bits per heavy atom. The van der Waals surface area contributed by atoms with Crippen LogP contribution in [-0.2, 0) is 13.2 Å². The number of hydrogen-bond donors (Lipinski definition) is 1. The summed E-state index contributed by atoms with van der Waals surface area (Å²) in [6.07, 6.45) is -2.50. The van der Waals surface area contributed by atoms with Crippen molar-refractivity contribution >= 4 is 38.8 Å². The maximum absolute atomic E-state index is 13.2. The summed E-state index contributed by atoms with van der Waals surface area (Å²) in [5.41, 5.74) is 0.846. The van der Waals surface area contributed by atoms with Gasteiger partial charge in [-0.25, -0.2) is 0 Å². The summed E-state index contributed by atoms with van der Waals surface area (Å²) in [5, 5.41) is 7.89. The SMILES string of the molecule is Cc1nn(C)c2sc(C(=O)Nc3cc(C(F)(F)F)ccc3N3CCCC3)cc12. The van der Waals surface area contributed by atoms with Gasteiger partial charge >= 0.3 is 6.18 Å². The Kier molecular flexibility index (Phi) is 4.57. The van der Waals surface area contributed by atoms with E-state index in [-0.39, 0.29) is 5.69 Å². The Bertz CT molecular complexity index is 1010. The van der Waals surface area contributed by atoms with Crippen LogP contribution in [0.3, 0.4) is 0 Å². The third-order valence-corrected chi connectivity index (χ3v) is 6.14. The number of halogens is 3. The molecule has 3 aromatic rings. The van der Waals surface area contributed by atoms with Crippen molar-refractivity contribution in [2.75, 3.05) is 23.3 Å². The smallest absolute Gasteiger partial charge is 0.370 e. The van der Waals surface area contributed by atoms with Crippen LogP contribution in [0, 0.1) is 6.92 Å². The molecule has 3 heterocycles. The number of fused-ring (bicyclic) bond motifs is 1. The summed E-state index contributed by atoms with van der Waals surface area (Å²) in [7, 11) is 1.80. The van der Waals surface area contributed by atoms with Gasteiger partial charge in [-0.15, -0.1) is 11.3 Å². The molecule has 1 aromatic carbocycles. The molecule has 1 aliphatic rings. The van der Waals surface area contributed by atoms with E-state index in [1.165, 1.54) is 17.4 Å². The molecule has 5 nitrogen and oxygen atoms in total. The first-order valence-electron chi connectivity index (χ1n) is 8.95. The molecule has 1 saturated heterocycles. The van der Waals surface area contributed by atoms with E-state index in [1.54, 1.807) is 17.8 Å². The summed E-state index contributed by atoms with van der Waals surface area (Å²) in [4.78, 5) is 16.1. The quantitative estimate of drug-likeness (QED) is 0.676. The number of hydrogen-bond acceptors (Lipinski definition) is 4. The predicted octanol–water partition coefficient (Wildman–Crippen LogP) is 4.81. The van der Waals surface area contributed by atoms with Crippen molar-refractivity contribution in [3.05, 3.63) is 40.4 Å². The zero-order chi connectivity index (χ0) is 20.1. The second kappa shape index (κ2) is 6.80. The number of anilines is 2. The van der Waals surface area contributed by atoms with Gasteiger partial charge in [-0.2, -0.15) is 18.3 Å². The zero-order valence-corrected chi connectivity index (χ0v) is 16.2. The molecule has 0 atom stereocenters. The fourth-order valence-electron chi connectivity index (χ4n) is 3.55. The van der Waals surface area contributed by atoms with E-state index in [4.69, 9.17) is 0 Å². The topological polar surface area (TPSA) is 50.2 Å². The molecule has 1 aliphatic heterocycles. The van der Waals surface area contributed by atoms with E-state index in [2.05, 4.69) is 10.4 Å². The average Bonchev–Trinajstić information content (AvgIpc) is 3.34. The van der Waals surface area contributed by atoms with E-state index < -0.39 is 17.6 Å². The molecule has 1 amide bonds. The van der Waals surface area contributed by atoms with Gasteiger partial charge in [0.15, 0.2) is 0 Å². The van der Waals surface area contributed by atoms with Crippen molar-refractivity contribution in [1.82, 2.24) is 9.78 Å². The molecule has 0 bridgehead atoms. The molecule has 1 N–H and O–H groups in total. The highest BCUT2D eigenvalue weighted by atomic mass is 32.1. The number of nitrogens with zero attached hydrogens (tertiary/aromatic N) is 3. The number of aromatic nitrogens is 2. The maximum Gasteiger partial charge on any atom is 0.416 e. The largest absolute Gasteiger partial charge is 0.416 e. The van der Waals surface area contributed by atoms with Crippen molar-refractivity contribution in [2.24, 2.45) is 7.05 Å². The highest BCUT2D eigenvalue weighted by molar-refractivity contribution is 7.20. The number of nitrogens with one attached hydrogen (secondary N) is 1. The summed E-state index contributed by atoms with van der Waals surface area (Å²) in [5.74, 6) is -0.416. The minimum Gasteiger partial charge on any atom is -0.370 e. The number of benzene rings is 1. The average molecular weight is 408 g/mol. The van der Waals surface area contributed by atoms with Gasteiger partial charge in [0, 0.05) is 25.5 Å². The third kappa shape index (κ3) is 3.34. The Labute approximate surface area is 163 Å². The van der Waals surface area contributed by atoms with E-state index in [0.717, 1.165) is 54.0 Å². The summed E-state index contributed by atoms with van der Waals surface area (Å²) in [6.45, 7) is 3.39. The summed E-state index contributed by atoms with van der Waals surface area (Å²) >= 11 is 1.27. The summed E-state index contributed by atoms with van der Waals surface area (Å²) in [6, 6.07) is 5.27. The fourth-order valence-corrected chi connectivity index (χ4v) is 4.57. The Hall–Kier alpha value is -2.55. The Morgan fingerprint density at radius 3 is 2.57 bits per heavy atom. The fraction of sp³-hybridized carbons (Fsp3) is 0.368. The second-order valence-electron chi connectivity index (χ2n) is 6.92. The Morgan fingerprint density at radius 1 is 1.21 bits per heavy atom. The number of aryl methyl sites for hydroxylation is 2. The maximum atomic E-state index is 13.2. The van der Waals surface area contributed by atoms with Gasteiger partial charge < -0.3 is 10.2 Å². The minimum absolute atomic E-state index is 0.189. The standard InChI is InChI=1S/C19H19F3N4OS/c1-11-13-10-16(28-18(13)25(2)24-11)17(27)23-14-9-12(19(20,21)22)5-6-15(14)26-7-3-4-8-26/h5-6,9-10H,3-4,7-8H2,1-2H3,(H,23,27). The highest BCUT2D eigenvalue weighted by Gasteiger charge is 2.32. The molecule has 0 spiro atoms. The molecule has 0 radical (unpaired) electrons. The number of alkyl halides is 3. The molecule has 0 aliphatic carbocycles. The molecule has 2 aromatic heterocycles. The molecular formula is C19H19F3N4OS. The van der Waals surface area contributed by atoms with E-state index >= 15 is 0 Å². The van der Waals surface area contributed by atoms with Crippen molar-refractivity contribution in [2.45, 2.75) is 25.9 Å². The lowest BCUT2D eigenvalue weighted by Crippen LogP contribution is -2.21. The van der Waals surface area contributed by atoms with Gasteiger partial charge in [0.2, 0.25) is 0 Å². The molecule has 148 valence electrons. The zero-order valence-electron chi connectivity index (χ0n) is 15.4. The first kappa shape index (κ1) is 18.8. The number of amides is 1. The van der Waals surface area contributed by atoms with Crippen molar-refractivity contribution in [3.63, 3.8) is 0 Å². The van der Waals surface area contributed by atoms with Crippen LogP contribution in [0.25, 0.3) is 10.2 Å². The van der Waals surface area contributed by atoms with Crippen LogP contribution in [0.1, 0.15) is 33.8 Å². The minimum atomic E-state index is -4.47. The lowest BCUT2D eigenvalue weighted by Gasteiger charge is -2.22. The number of carbonyl (C=O) groups excluding carboxylic acids is 1. The third-order valence-electron chi connectivity index (χ3n) is 4.94. The van der Waals surface area contributed by atoms with E-state index in [1.807, 2.05) is 11.8 Å². The van der Waals surface area contributed by atoms with Crippen molar-refractivity contribution in [3.8, 4) is 0 Å². The van der Waals surface area contributed by atoms with Crippen LogP contribution >= 0.6 is 11.3 Å². The van der Waals surface area contributed by atoms with Crippen LogP contribution in [-0.4, -0.2) is 28.8 Å². The highest BCUT2D eigenvalue weighted by Crippen LogP contribution is 2.37. The molecular weight excluding hydrogens is 389 g/mol. The molecule has 1 fully saturated rings. The molecule has 0 saturated carbocycles. The van der Waals surface area contributed by atoms with Gasteiger partial charge in [-0.1, -0.05) is 0 Å². The Balaban J connectivity index is 1.69. The van der Waals surface area contributed by atoms with Gasteiger partial charge in [0.1, 0.15) is 4.83 Å². The molecule has 9 heteroatoms. The molecule has 4 rings (SSSR count). The predicted molar refractivity (Wildman–Crippen MR) is 104 cm³/mol.